The van der Waals surface area contributed by atoms with Gasteiger partial charge in [0.2, 0.25) is 5.91 Å². The number of aliphatic carboxylic acids is 1. The Morgan fingerprint density at radius 2 is 1.64 bits per heavy atom. The summed E-state index contributed by atoms with van der Waals surface area (Å²) in [6, 6.07) is 9.48. The average Bonchev–Trinajstić information content (AvgIpc) is 3.85. The van der Waals surface area contributed by atoms with Crippen LogP contribution < -0.4 is 15.5 Å². The highest BCUT2D eigenvalue weighted by atomic mass is 19.1. The van der Waals surface area contributed by atoms with Crippen LogP contribution in [0.3, 0.4) is 0 Å². The van der Waals surface area contributed by atoms with Crippen molar-refractivity contribution < 1.29 is 33.4 Å². The van der Waals surface area contributed by atoms with Gasteiger partial charge in [0, 0.05) is 50.7 Å². The zero-order valence-electron chi connectivity index (χ0n) is 23.4. The number of anilines is 2. The topological polar surface area (TPSA) is 132 Å². The fourth-order valence-corrected chi connectivity index (χ4v) is 5.30. The van der Waals surface area contributed by atoms with Gasteiger partial charge >= 0.3 is 12.0 Å². The summed E-state index contributed by atoms with van der Waals surface area (Å²) < 4.78 is 18.8. The molecule has 224 valence electrons. The van der Waals surface area contributed by atoms with E-state index in [1.165, 1.54) is 24.3 Å². The third kappa shape index (κ3) is 7.35. The van der Waals surface area contributed by atoms with Crippen LogP contribution in [-0.2, 0) is 14.3 Å². The molecule has 12 heteroatoms. The number of carbonyl (C=O) groups excluding carboxylic acids is 3. The molecule has 2 aliphatic heterocycles. The first-order valence-electron chi connectivity index (χ1n) is 14.4. The second-order valence-corrected chi connectivity index (χ2v) is 10.9. The lowest BCUT2D eigenvalue weighted by Crippen LogP contribution is -2.49. The average molecular weight is 582 g/mol. The number of ether oxygens (including phenoxy) is 1. The van der Waals surface area contributed by atoms with E-state index < -0.39 is 23.7 Å². The van der Waals surface area contributed by atoms with Crippen LogP contribution in [0.5, 0.6) is 0 Å². The molecule has 2 saturated heterocycles. The van der Waals surface area contributed by atoms with E-state index in [0.29, 0.717) is 63.7 Å². The van der Waals surface area contributed by atoms with Crippen LogP contribution >= 0.6 is 0 Å². The third-order valence-corrected chi connectivity index (χ3v) is 7.81. The molecule has 1 aliphatic carbocycles. The Kier molecular flexibility index (Phi) is 9.21. The van der Waals surface area contributed by atoms with Gasteiger partial charge in [-0.05, 0) is 55.2 Å². The molecule has 3 fully saturated rings. The molecule has 42 heavy (non-hydrogen) atoms. The molecule has 11 nitrogen and oxygen atoms in total. The van der Waals surface area contributed by atoms with Gasteiger partial charge in [0.05, 0.1) is 37.1 Å². The van der Waals surface area contributed by atoms with Gasteiger partial charge in [-0.2, -0.15) is 0 Å². The summed E-state index contributed by atoms with van der Waals surface area (Å²) in [6.45, 7) is 4.58. The largest absolute Gasteiger partial charge is 0.481 e. The molecule has 0 radical (unpaired) electrons. The number of amides is 4. The monoisotopic (exact) mass is 581 g/mol. The van der Waals surface area contributed by atoms with E-state index in [9.17, 15) is 28.7 Å². The van der Waals surface area contributed by atoms with Gasteiger partial charge < -0.3 is 35.2 Å². The van der Waals surface area contributed by atoms with Gasteiger partial charge in [0.25, 0.3) is 5.91 Å². The first-order valence-corrected chi connectivity index (χ1v) is 14.4. The van der Waals surface area contributed by atoms with Gasteiger partial charge in [-0.15, -0.1) is 0 Å². The Morgan fingerprint density at radius 1 is 0.929 bits per heavy atom. The summed E-state index contributed by atoms with van der Waals surface area (Å²) in [4.78, 5) is 56.5. The van der Waals surface area contributed by atoms with Crippen LogP contribution in [0.15, 0.2) is 42.5 Å². The predicted molar refractivity (Wildman–Crippen MR) is 153 cm³/mol. The van der Waals surface area contributed by atoms with Crippen LogP contribution in [0.1, 0.15) is 47.6 Å². The zero-order chi connectivity index (χ0) is 29.6. The molecular weight excluding hydrogens is 545 g/mol. The molecular formula is C30H36FN5O6. The minimum absolute atomic E-state index is 0.00602. The molecule has 0 aromatic heterocycles. The summed E-state index contributed by atoms with van der Waals surface area (Å²) in [5.41, 5.74) is 1.96. The number of carboxylic acids is 1. The maximum atomic E-state index is 13.4. The standard InChI is InChI=1S/C30H36FN5O6/c31-23-7-4-20(5-8-23)24(19-27(37)38)32-29(40)22-6-9-26(25(18-22)33-28(39)21-2-3-21)34-10-1-11-35(13-12-34)30(41)36-14-16-42-17-15-36/h4-9,18,21,24H,1-3,10-17,19H2,(H,32,40)(H,33,39)(H,37,38). The fraction of sp³-hybridized carbons (Fsp3) is 0.467. The number of carboxylic acid groups (broad SMARTS) is 1. The van der Waals surface area contributed by atoms with Crippen molar-refractivity contribution in [2.24, 2.45) is 5.92 Å². The van der Waals surface area contributed by atoms with Crippen molar-refractivity contribution in [3.05, 3.63) is 59.4 Å². The molecule has 0 spiro atoms. The zero-order valence-corrected chi connectivity index (χ0v) is 23.4. The van der Waals surface area contributed by atoms with Gasteiger partial charge in [0.1, 0.15) is 5.82 Å². The molecule has 2 heterocycles. The number of hydrogen-bond donors (Lipinski definition) is 3. The minimum Gasteiger partial charge on any atom is -0.481 e. The first-order chi connectivity index (χ1) is 20.3. The Bertz CT molecular complexity index is 1310. The van der Waals surface area contributed by atoms with Crippen LogP contribution in [0.2, 0.25) is 0 Å². The van der Waals surface area contributed by atoms with Gasteiger partial charge in [-0.3, -0.25) is 14.4 Å². The molecule has 1 saturated carbocycles. The number of nitrogens with one attached hydrogen (secondary N) is 2. The van der Waals surface area contributed by atoms with E-state index in [1.54, 1.807) is 18.2 Å². The number of carbonyl (C=O) groups is 4. The molecule has 5 rings (SSSR count). The van der Waals surface area contributed by atoms with E-state index in [4.69, 9.17) is 4.74 Å². The van der Waals surface area contributed by atoms with Gasteiger partial charge in [-0.1, -0.05) is 12.1 Å². The summed E-state index contributed by atoms with van der Waals surface area (Å²) in [7, 11) is 0. The molecule has 1 unspecified atom stereocenters. The summed E-state index contributed by atoms with van der Waals surface area (Å²) in [5, 5.41) is 15.1. The van der Waals surface area contributed by atoms with Crippen LogP contribution in [-0.4, -0.2) is 91.2 Å². The van der Waals surface area contributed by atoms with Crippen molar-refractivity contribution in [3.8, 4) is 0 Å². The third-order valence-electron chi connectivity index (χ3n) is 7.81. The van der Waals surface area contributed by atoms with E-state index >= 15 is 0 Å². The van der Waals surface area contributed by atoms with Crippen LogP contribution in [0.25, 0.3) is 0 Å². The molecule has 3 aliphatic rings. The number of halogens is 1. The highest BCUT2D eigenvalue weighted by Crippen LogP contribution is 2.34. The quantitative estimate of drug-likeness (QED) is 0.437. The van der Waals surface area contributed by atoms with Crippen molar-refractivity contribution in [1.82, 2.24) is 15.1 Å². The van der Waals surface area contributed by atoms with Crippen molar-refractivity contribution in [2.45, 2.75) is 31.7 Å². The lowest BCUT2D eigenvalue weighted by Gasteiger charge is -2.32. The number of rotatable bonds is 8. The number of nitrogens with zero attached hydrogens (tertiary/aromatic N) is 3. The Hall–Kier alpha value is -4.19. The molecule has 2 aromatic rings. The van der Waals surface area contributed by atoms with Crippen molar-refractivity contribution >= 4 is 35.2 Å². The maximum Gasteiger partial charge on any atom is 0.320 e. The number of morpholine rings is 1. The fourth-order valence-electron chi connectivity index (χ4n) is 5.30. The lowest BCUT2D eigenvalue weighted by atomic mass is 10.0. The summed E-state index contributed by atoms with van der Waals surface area (Å²) in [6.07, 6.45) is 1.99. The SMILES string of the molecule is O=C(O)CC(NC(=O)c1ccc(N2CCCN(C(=O)N3CCOCC3)CC2)c(NC(=O)C2CC2)c1)c1ccc(F)cc1. The molecule has 1 atom stereocenters. The van der Waals surface area contributed by atoms with Crippen LogP contribution in [0, 0.1) is 11.7 Å². The van der Waals surface area contributed by atoms with E-state index in [0.717, 1.165) is 24.9 Å². The highest BCUT2D eigenvalue weighted by Gasteiger charge is 2.31. The molecule has 0 bridgehead atoms. The Balaban J connectivity index is 1.33. The maximum absolute atomic E-state index is 13.4. The Morgan fingerprint density at radius 3 is 2.33 bits per heavy atom. The van der Waals surface area contributed by atoms with Gasteiger partial charge in [0.15, 0.2) is 0 Å². The second-order valence-electron chi connectivity index (χ2n) is 10.9. The van der Waals surface area contributed by atoms with E-state index in [1.807, 2.05) is 9.80 Å². The molecule has 3 N–H and O–H groups in total. The highest BCUT2D eigenvalue weighted by molar-refractivity contribution is 6.01. The van der Waals surface area contributed by atoms with Crippen molar-refractivity contribution in [1.29, 1.82) is 0 Å². The summed E-state index contributed by atoms with van der Waals surface area (Å²) >= 11 is 0. The van der Waals surface area contributed by atoms with Crippen molar-refractivity contribution in [3.63, 3.8) is 0 Å². The first kappa shape index (κ1) is 29.3. The predicted octanol–water partition coefficient (Wildman–Crippen LogP) is 3.08. The number of hydrogen-bond acceptors (Lipinski definition) is 6. The summed E-state index contributed by atoms with van der Waals surface area (Å²) in [5.74, 6) is -2.26. The number of benzene rings is 2. The second kappa shape index (κ2) is 13.2. The van der Waals surface area contributed by atoms with E-state index in [2.05, 4.69) is 15.5 Å². The number of urea groups is 1. The molecule has 2 aromatic carbocycles. The van der Waals surface area contributed by atoms with E-state index in [-0.39, 0.29) is 29.8 Å². The lowest BCUT2D eigenvalue weighted by molar-refractivity contribution is -0.137. The van der Waals surface area contributed by atoms with Crippen molar-refractivity contribution in [2.75, 3.05) is 62.7 Å². The van der Waals surface area contributed by atoms with Crippen LogP contribution in [0.4, 0.5) is 20.6 Å². The molecule has 4 amide bonds. The smallest absolute Gasteiger partial charge is 0.320 e. The normalized spacial score (nSPS) is 18.2. The Labute approximate surface area is 243 Å². The minimum atomic E-state index is -1.11. The van der Waals surface area contributed by atoms with Gasteiger partial charge in [-0.25, -0.2) is 9.18 Å².